The van der Waals surface area contributed by atoms with Crippen LogP contribution in [0.3, 0.4) is 0 Å². The zero-order valence-corrected chi connectivity index (χ0v) is 11.5. The van der Waals surface area contributed by atoms with E-state index in [1.807, 2.05) is 30.3 Å². The zero-order valence-electron chi connectivity index (χ0n) is 11.5. The quantitative estimate of drug-likeness (QED) is 0.915. The van der Waals surface area contributed by atoms with Crippen molar-refractivity contribution in [2.24, 2.45) is 11.3 Å². The van der Waals surface area contributed by atoms with Gasteiger partial charge in [0.25, 0.3) is 0 Å². The third kappa shape index (κ3) is 2.94. The van der Waals surface area contributed by atoms with Crippen LogP contribution in [0.5, 0.6) is 0 Å². The number of alkyl halides is 1. The summed E-state index contributed by atoms with van der Waals surface area (Å²) in [4.78, 5) is 11.6. The molecule has 0 saturated heterocycles. The van der Waals surface area contributed by atoms with Gasteiger partial charge < -0.3 is 10.1 Å². The molecule has 20 heavy (non-hydrogen) atoms. The summed E-state index contributed by atoms with van der Waals surface area (Å²) in [6.45, 7) is 0.942. The van der Waals surface area contributed by atoms with Gasteiger partial charge in [-0.15, -0.1) is 0 Å². The fraction of sp³-hybridized carbons (Fsp3) is 0.562. The lowest BCUT2D eigenvalue weighted by Crippen LogP contribution is -2.51. The lowest BCUT2D eigenvalue weighted by molar-refractivity contribution is -0.0776. The van der Waals surface area contributed by atoms with Gasteiger partial charge in [-0.25, -0.2) is 9.18 Å². The summed E-state index contributed by atoms with van der Waals surface area (Å²) in [5.74, 6) is 0.492. The summed E-state index contributed by atoms with van der Waals surface area (Å²) in [6, 6.07) is 9.61. The van der Waals surface area contributed by atoms with Crippen molar-refractivity contribution in [3.8, 4) is 0 Å². The fourth-order valence-electron chi connectivity index (χ4n) is 3.52. The molecule has 3 rings (SSSR count). The van der Waals surface area contributed by atoms with Crippen molar-refractivity contribution >= 4 is 6.09 Å². The minimum absolute atomic E-state index is 0.277. The Labute approximate surface area is 118 Å². The topological polar surface area (TPSA) is 38.3 Å². The molecule has 1 amide bonds. The molecule has 0 bridgehead atoms. The van der Waals surface area contributed by atoms with E-state index in [0.29, 0.717) is 19.1 Å². The van der Waals surface area contributed by atoms with Crippen LogP contribution in [-0.2, 0) is 11.3 Å². The number of halogens is 1. The van der Waals surface area contributed by atoms with Crippen LogP contribution in [0, 0.1) is 11.3 Å². The van der Waals surface area contributed by atoms with E-state index in [1.165, 1.54) is 0 Å². The molecule has 0 atom stereocenters. The van der Waals surface area contributed by atoms with Gasteiger partial charge in [0.05, 0.1) is 0 Å². The van der Waals surface area contributed by atoms with E-state index in [9.17, 15) is 9.18 Å². The number of rotatable bonds is 4. The Morgan fingerprint density at radius 1 is 1.25 bits per heavy atom. The minimum atomic E-state index is -0.584. The number of alkyl carbamates (subject to hydrolysis) is 1. The highest BCUT2D eigenvalue weighted by molar-refractivity contribution is 5.67. The first-order valence-corrected chi connectivity index (χ1v) is 7.24. The van der Waals surface area contributed by atoms with Gasteiger partial charge in [-0.2, -0.15) is 0 Å². The van der Waals surface area contributed by atoms with Gasteiger partial charge in [0, 0.05) is 6.54 Å². The van der Waals surface area contributed by atoms with Crippen molar-refractivity contribution in [2.75, 3.05) is 6.54 Å². The van der Waals surface area contributed by atoms with Gasteiger partial charge in [0.15, 0.2) is 0 Å². The van der Waals surface area contributed by atoms with Crippen molar-refractivity contribution in [3.05, 3.63) is 35.9 Å². The van der Waals surface area contributed by atoms with Crippen LogP contribution in [0.2, 0.25) is 0 Å². The number of carbonyl (C=O) groups excluding carboxylic acids is 1. The first kappa shape index (κ1) is 13.4. The van der Waals surface area contributed by atoms with Gasteiger partial charge in [0.1, 0.15) is 12.8 Å². The summed E-state index contributed by atoms with van der Waals surface area (Å²) in [5, 5.41) is 2.80. The normalized spacial score (nSPS) is 31.2. The van der Waals surface area contributed by atoms with Crippen LogP contribution in [-0.4, -0.2) is 18.8 Å². The van der Waals surface area contributed by atoms with E-state index in [0.717, 1.165) is 31.2 Å². The Balaban J connectivity index is 1.31. The highest BCUT2D eigenvalue weighted by atomic mass is 19.1. The summed E-state index contributed by atoms with van der Waals surface area (Å²) in [6.07, 6.45) is 2.59. The Kier molecular flexibility index (Phi) is 3.64. The second-order valence-corrected chi connectivity index (χ2v) is 6.22. The molecule has 0 aromatic heterocycles. The monoisotopic (exact) mass is 277 g/mol. The molecule has 3 nitrogen and oxygen atoms in total. The molecular weight excluding hydrogens is 257 g/mol. The lowest BCUT2D eigenvalue weighted by atomic mass is 9.51. The third-order valence-corrected chi connectivity index (χ3v) is 4.50. The molecule has 0 radical (unpaired) electrons. The molecule has 0 aliphatic heterocycles. The maximum Gasteiger partial charge on any atom is 0.407 e. The van der Waals surface area contributed by atoms with Crippen LogP contribution < -0.4 is 5.32 Å². The summed E-state index contributed by atoms with van der Waals surface area (Å²) in [7, 11) is 0. The fourth-order valence-corrected chi connectivity index (χ4v) is 3.52. The molecule has 4 heteroatoms. The van der Waals surface area contributed by atoms with Crippen LogP contribution in [0.1, 0.15) is 31.2 Å². The minimum Gasteiger partial charge on any atom is -0.445 e. The second-order valence-electron chi connectivity index (χ2n) is 6.22. The predicted octanol–water partition coefficient (Wildman–Crippen LogP) is 3.44. The summed E-state index contributed by atoms with van der Waals surface area (Å²) >= 11 is 0. The molecule has 2 saturated carbocycles. The Bertz CT molecular complexity index is 463. The van der Waals surface area contributed by atoms with Gasteiger partial charge in [0.2, 0.25) is 0 Å². The highest BCUT2D eigenvalue weighted by Crippen LogP contribution is 2.59. The first-order chi connectivity index (χ1) is 9.65. The SMILES string of the molecule is O=C(NCC1CC2(CC(F)C2)C1)OCc1ccccc1. The van der Waals surface area contributed by atoms with Crippen molar-refractivity contribution in [2.45, 2.75) is 38.5 Å². The van der Waals surface area contributed by atoms with E-state index in [4.69, 9.17) is 4.74 Å². The first-order valence-electron chi connectivity index (χ1n) is 7.24. The molecule has 1 spiro atoms. The smallest absolute Gasteiger partial charge is 0.407 e. The number of hydrogen-bond donors (Lipinski definition) is 1. The third-order valence-electron chi connectivity index (χ3n) is 4.50. The largest absolute Gasteiger partial charge is 0.445 e. The highest BCUT2D eigenvalue weighted by Gasteiger charge is 2.52. The van der Waals surface area contributed by atoms with E-state index < -0.39 is 6.17 Å². The number of ether oxygens (including phenoxy) is 1. The zero-order chi connectivity index (χ0) is 14.0. The van der Waals surface area contributed by atoms with Crippen LogP contribution in [0.25, 0.3) is 0 Å². The number of benzene rings is 1. The number of hydrogen-bond acceptors (Lipinski definition) is 2. The maximum atomic E-state index is 12.8. The van der Waals surface area contributed by atoms with E-state index in [-0.39, 0.29) is 11.5 Å². The molecule has 1 N–H and O–H groups in total. The van der Waals surface area contributed by atoms with Gasteiger partial charge in [-0.3, -0.25) is 0 Å². The Hall–Kier alpha value is -1.58. The molecule has 0 unspecified atom stereocenters. The van der Waals surface area contributed by atoms with Crippen LogP contribution in [0.15, 0.2) is 30.3 Å². The van der Waals surface area contributed by atoms with E-state index >= 15 is 0 Å². The number of nitrogens with one attached hydrogen (secondary N) is 1. The van der Waals surface area contributed by atoms with Crippen molar-refractivity contribution in [3.63, 3.8) is 0 Å². The average Bonchev–Trinajstić information content (AvgIpc) is 2.38. The Morgan fingerprint density at radius 3 is 2.60 bits per heavy atom. The summed E-state index contributed by atoms with van der Waals surface area (Å²) < 4.78 is 18.0. The van der Waals surface area contributed by atoms with Crippen molar-refractivity contribution in [1.82, 2.24) is 5.32 Å². The molecule has 2 fully saturated rings. The number of carbonyl (C=O) groups is 1. The standard InChI is InChI=1S/C16H20FNO2/c17-14-8-16(9-14)6-13(7-16)10-18-15(19)20-11-12-4-2-1-3-5-12/h1-5,13-14H,6-11H2,(H,18,19). The maximum absolute atomic E-state index is 12.8. The van der Waals surface area contributed by atoms with Crippen molar-refractivity contribution < 1.29 is 13.9 Å². The van der Waals surface area contributed by atoms with Crippen molar-refractivity contribution in [1.29, 1.82) is 0 Å². The second kappa shape index (κ2) is 5.43. The molecule has 1 aromatic rings. The average molecular weight is 277 g/mol. The predicted molar refractivity (Wildman–Crippen MR) is 73.9 cm³/mol. The van der Waals surface area contributed by atoms with E-state index in [1.54, 1.807) is 0 Å². The molecule has 1 aromatic carbocycles. The molecule has 108 valence electrons. The van der Waals surface area contributed by atoms with Gasteiger partial charge in [-0.1, -0.05) is 30.3 Å². The molecular formula is C16H20FNO2. The van der Waals surface area contributed by atoms with Gasteiger partial charge in [-0.05, 0) is 42.6 Å². The molecule has 2 aliphatic carbocycles. The van der Waals surface area contributed by atoms with Crippen LogP contribution >= 0.6 is 0 Å². The number of amides is 1. The van der Waals surface area contributed by atoms with Crippen LogP contribution in [0.4, 0.5) is 9.18 Å². The molecule has 0 heterocycles. The van der Waals surface area contributed by atoms with E-state index in [2.05, 4.69) is 5.32 Å². The molecule has 2 aliphatic rings. The lowest BCUT2D eigenvalue weighted by Gasteiger charge is -2.55. The van der Waals surface area contributed by atoms with Gasteiger partial charge >= 0.3 is 6.09 Å². The summed E-state index contributed by atoms with van der Waals surface area (Å²) in [5.41, 5.74) is 1.26. The Morgan fingerprint density at radius 2 is 1.95 bits per heavy atom.